The molecule has 0 aliphatic carbocycles. The highest BCUT2D eigenvalue weighted by molar-refractivity contribution is 6.21. The second-order valence-electron chi connectivity index (χ2n) is 7.16. The number of nitrogens with zero attached hydrogens (tertiary/aromatic N) is 4. The van der Waals surface area contributed by atoms with Crippen LogP contribution < -0.4 is 4.90 Å². The number of rotatable bonds is 3. The minimum atomic E-state index is 0.0158. The van der Waals surface area contributed by atoms with E-state index in [4.69, 9.17) is 0 Å². The largest absolute Gasteiger partial charge is 0.492 e. The lowest BCUT2D eigenvalue weighted by Crippen LogP contribution is -2.30. The summed E-state index contributed by atoms with van der Waals surface area (Å²) in [4.78, 5) is 18.7. The molecule has 1 aromatic carbocycles. The van der Waals surface area contributed by atoms with E-state index in [1.165, 1.54) is 6.42 Å². The highest BCUT2D eigenvalue weighted by atomic mass is 16.3. The van der Waals surface area contributed by atoms with Crippen molar-refractivity contribution in [2.45, 2.75) is 19.3 Å². The number of aliphatic imine (C=N–C) groups is 1. The van der Waals surface area contributed by atoms with Crippen molar-refractivity contribution >= 4 is 29.6 Å². The summed E-state index contributed by atoms with van der Waals surface area (Å²) < 4.78 is 0. The first-order chi connectivity index (χ1) is 13.8. The molecule has 2 aliphatic heterocycles. The molecule has 0 bridgehead atoms. The van der Waals surface area contributed by atoms with Crippen LogP contribution in [-0.4, -0.2) is 39.4 Å². The Bertz CT molecular complexity index is 1060. The molecule has 0 saturated carbocycles. The number of pyridine rings is 1. The molecule has 5 rings (SSSR count). The molecule has 2 aromatic heterocycles. The standard InChI is InChI=1S/C22H21N5O/c28-21-19(25-22(26-21)27-9-5-2-6-10-27)12-17-14-24-20-18(17)11-16(13-23-20)15-7-3-1-4-8-15/h1,3-4,7-8,11-14,28H,2,5-6,9-10H2,(H,25,26). The first kappa shape index (κ1) is 16.7. The Balaban J connectivity index is 1.48. The first-order valence-electron chi connectivity index (χ1n) is 9.63. The van der Waals surface area contributed by atoms with E-state index in [0.29, 0.717) is 11.5 Å². The van der Waals surface area contributed by atoms with Crippen molar-refractivity contribution in [3.63, 3.8) is 0 Å². The zero-order chi connectivity index (χ0) is 18.9. The molecule has 28 heavy (non-hydrogen) atoms. The normalized spacial score (nSPS) is 17.3. The summed E-state index contributed by atoms with van der Waals surface area (Å²) in [6.45, 7) is 1.94. The number of hydrogen-bond acceptors (Lipinski definition) is 5. The Hall–Kier alpha value is -3.41. The van der Waals surface area contributed by atoms with Gasteiger partial charge in [0.15, 0.2) is 5.82 Å². The van der Waals surface area contributed by atoms with Crippen molar-refractivity contribution in [3.8, 4) is 17.0 Å². The molecule has 2 aliphatic rings. The molecule has 1 saturated heterocycles. The summed E-state index contributed by atoms with van der Waals surface area (Å²) in [5.41, 5.74) is 4.61. The molecular weight excluding hydrogens is 350 g/mol. The van der Waals surface area contributed by atoms with Crippen LogP contribution >= 0.6 is 0 Å². The van der Waals surface area contributed by atoms with Crippen LogP contribution in [0.15, 0.2) is 47.6 Å². The molecule has 140 valence electrons. The second-order valence-corrected chi connectivity index (χ2v) is 7.16. The van der Waals surface area contributed by atoms with Crippen LogP contribution in [0.25, 0.3) is 22.8 Å². The Morgan fingerprint density at radius 3 is 2.68 bits per heavy atom. The highest BCUT2D eigenvalue weighted by Crippen LogP contribution is 2.35. The zero-order valence-electron chi connectivity index (χ0n) is 15.5. The van der Waals surface area contributed by atoms with Crippen LogP contribution in [-0.2, 0) is 0 Å². The van der Waals surface area contributed by atoms with E-state index < -0.39 is 0 Å². The van der Waals surface area contributed by atoms with Gasteiger partial charge < -0.3 is 15.0 Å². The molecule has 1 fully saturated rings. The van der Waals surface area contributed by atoms with Crippen molar-refractivity contribution < 1.29 is 5.11 Å². The van der Waals surface area contributed by atoms with Gasteiger partial charge in [-0.1, -0.05) is 30.3 Å². The number of H-pyrrole nitrogens is 1. The average molecular weight is 371 g/mol. The maximum absolute atomic E-state index is 10.3. The van der Waals surface area contributed by atoms with Gasteiger partial charge in [-0.2, -0.15) is 4.98 Å². The van der Waals surface area contributed by atoms with Crippen LogP contribution in [0.3, 0.4) is 0 Å². The second kappa shape index (κ2) is 6.96. The summed E-state index contributed by atoms with van der Waals surface area (Å²) >= 11 is 0. The van der Waals surface area contributed by atoms with Crippen molar-refractivity contribution in [1.29, 1.82) is 0 Å². The molecule has 0 atom stereocenters. The van der Waals surface area contributed by atoms with Gasteiger partial charge in [-0.3, -0.25) is 0 Å². The monoisotopic (exact) mass is 371 g/mol. The van der Waals surface area contributed by atoms with Crippen molar-refractivity contribution in [3.05, 3.63) is 53.9 Å². The number of aromatic hydroxyl groups is 1. The van der Waals surface area contributed by atoms with Crippen molar-refractivity contribution in [1.82, 2.24) is 15.0 Å². The quantitative estimate of drug-likeness (QED) is 0.714. The van der Waals surface area contributed by atoms with E-state index >= 15 is 0 Å². The number of piperidine rings is 1. The SMILES string of the molecule is Oc1nc(N2CCCCC2)[nH]c1C=C1C=Nc2ncc(-c3ccccc3)cc21. The number of nitrogens with one attached hydrogen (secondary N) is 1. The Morgan fingerprint density at radius 2 is 1.86 bits per heavy atom. The number of aromatic nitrogens is 3. The molecule has 4 heterocycles. The van der Waals surface area contributed by atoms with Crippen LogP contribution in [0.5, 0.6) is 5.88 Å². The van der Waals surface area contributed by atoms with Crippen LogP contribution in [0.1, 0.15) is 30.5 Å². The van der Waals surface area contributed by atoms with E-state index in [0.717, 1.165) is 54.1 Å². The lowest BCUT2D eigenvalue weighted by Gasteiger charge is -2.25. The minimum Gasteiger partial charge on any atom is -0.492 e. The molecule has 0 unspecified atom stereocenters. The predicted octanol–water partition coefficient (Wildman–Crippen LogP) is 4.42. The molecule has 0 spiro atoms. The Morgan fingerprint density at radius 1 is 1.04 bits per heavy atom. The van der Waals surface area contributed by atoms with Crippen molar-refractivity contribution in [2.24, 2.45) is 4.99 Å². The topological polar surface area (TPSA) is 77.4 Å². The smallest absolute Gasteiger partial charge is 0.238 e. The molecule has 6 heteroatoms. The van der Waals surface area contributed by atoms with E-state index in [1.54, 1.807) is 6.21 Å². The van der Waals surface area contributed by atoms with E-state index in [9.17, 15) is 5.11 Å². The van der Waals surface area contributed by atoms with Crippen LogP contribution in [0, 0.1) is 0 Å². The fourth-order valence-electron chi connectivity index (χ4n) is 3.75. The van der Waals surface area contributed by atoms with E-state index in [1.807, 2.05) is 30.5 Å². The number of anilines is 1. The summed E-state index contributed by atoms with van der Waals surface area (Å²) in [6.07, 6.45) is 9.09. The van der Waals surface area contributed by atoms with Gasteiger partial charge in [-0.05, 0) is 37.0 Å². The maximum atomic E-state index is 10.3. The summed E-state index contributed by atoms with van der Waals surface area (Å²) in [5.74, 6) is 1.44. The van der Waals surface area contributed by atoms with Gasteiger partial charge in [-0.25, -0.2) is 9.98 Å². The highest BCUT2D eigenvalue weighted by Gasteiger charge is 2.19. The molecule has 0 radical (unpaired) electrons. The average Bonchev–Trinajstić information content (AvgIpc) is 3.33. The number of hydrogen-bond donors (Lipinski definition) is 2. The fourth-order valence-corrected chi connectivity index (χ4v) is 3.75. The maximum Gasteiger partial charge on any atom is 0.238 e. The van der Waals surface area contributed by atoms with Crippen molar-refractivity contribution in [2.75, 3.05) is 18.0 Å². The molecule has 6 nitrogen and oxygen atoms in total. The van der Waals surface area contributed by atoms with Gasteiger partial charge in [0.1, 0.15) is 5.69 Å². The van der Waals surface area contributed by atoms with Crippen LogP contribution in [0.2, 0.25) is 0 Å². The number of benzene rings is 1. The lowest BCUT2D eigenvalue weighted by atomic mass is 10.0. The number of imidazole rings is 1. The zero-order valence-corrected chi connectivity index (χ0v) is 15.5. The van der Waals surface area contributed by atoms with E-state index in [2.05, 4.69) is 43.0 Å². The molecule has 0 amide bonds. The first-order valence-corrected chi connectivity index (χ1v) is 9.63. The van der Waals surface area contributed by atoms with Gasteiger partial charge in [0.05, 0.1) is 0 Å². The number of allylic oxidation sites excluding steroid dienone is 1. The van der Waals surface area contributed by atoms with Gasteiger partial charge in [0.25, 0.3) is 0 Å². The third kappa shape index (κ3) is 3.07. The van der Waals surface area contributed by atoms with Gasteiger partial charge >= 0.3 is 0 Å². The minimum absolute atomic E-state index is 0.0158. The lowest BCUT2D eigenvalue weighted by molar-refractivity contribution is 0.454. The number of fused-ring (bicyclic) bond motifs is 1. The molecule has 2 N–H and O–H groups in total. The van der Waals surface area contributed by atoms with Crippen LogP contribution in [0.4, 0.5) is 11.8 Å². The third-order valence-corrected chi connectivity index (χ3v) is 5.27. The van der Waals surface area contributed by atoms with E-state index in [-0.39, 0.29) is 5.88 Å². The predicted molar refractivity (Wildman–Crippen MR) is 112 cm³/mol. The third-order valence-electron chi connectivity index (χ3n) is 5.27. The molecule has 3 aromatic rings. The Kier molecular flexibility index (Phi) is 4.16. The summed E-state index contributed by atoms with van der Waals surface area (Å²) in [6, 6.07) is 12.2. The number of aromatic amines is 1. The summed E-state index contributed by atoms with van der Waals surface area (Å²) in [7, 11) is 0. The van der Waals surface area contributed by atoms with Gasteiger partial charge in [0.2, 0.25) is 11.8 Å². The summed E-state index contributed by atoms with van der Waals surface area (Å²) in [5, 5.41) is 10.3. The Labute approximate surface area is 163 Å². The molecular formula is C22H21N5O. The fraction of sp³-hybridized carbons (Fsp3) is 0.227. The van der Waals surface area contributed by atoms with Gasteiger partial charge in [0, 0.05) is 42.2 Å². The van der Waals surface area contributed by atoms with Gasteiger partial charge in [-0.15, -0.1) is 0 Å².